The molecule has 0 saturated carbocycles. The fraction of sp³-hybridized carbons (Fsp3) is 0.464. The third kappa shape index (κ3) is 5.62. The van der Waals surface area contributed by atoms with Gasteiger partial charge in [-0.25, -0.2) is 0 Å². The Morgan fingerprint density at radius 2 is 1.65 bits per heavy atom. The molecule has 6 heteroatoms. The smallest absolute Gasteiger partial charge is 0.231 e. The molecule has 0 N–H and O–H groups in total. The van der Waals surface area contributed by atoms with Crippen LogP contribution in [0.25, 0.3) is 6.08 Å². The van der Waals surface area contributed by atoms with Crippen molar-refractivity contribution in [1.82, 2.24) is 14.7 Å². The molecule has 2 fully saturated rings. The van der Waals surface area contributed by atoms with Gasteiger partial charge in [0.2, 0.25) is 12.7 Å². The van der Waals surface area contributed by atoms with Crippen LogP contribution in [0.3, 0.4) is 0 Å². The normalized spacial score (nSPS) is 20.0. The molecule has 0 atom stereocenters. The first-order valence-electron chi connectivity index (χ1n) is 12.5. The van der Waals surface area contributed by atoms with E-state index < -0.39 is 0 Å². The first-order valence-corrected chi connectivity index (χ1v) is 12.5. The number of piperazine rings is 1. The Hall–Kier alpha value is -2.83. The number of nitrogens with zero attached hydrogens (tertiary/aromatic N) is 3. The highest BCUT2D eigenvalue weighted by molar-refractivity contribution is 5.79. The van der Waals surface area contributed by atoms with Gasteiger partial charge in [-0.05, 0) is 56.1 Å². The molecule has 6 nitrogen and oxygen atoms in total. The van der Waals surface area contributed by atoms with Crippen LogP contribution in [-0.4, -0.2) is 73.2 Å². The Balaban J connectivity index is 1.05. The van der Waals surface area contributed by atoms with Crippen molar-refractivity contribution in [3.05, 3.63) is 65.2 Å². The number of carbonyl (C=O) groups is 1. The Morgan fingerprint density at radius 3 is 2.41 bits per heavy atom. The van der Waals surface area contributed by atoms with Crippen molar-refractivity contribution < 1.29 is 14.3 Å². The molecule has 3 aliphatic heterocycles. The lowest BCUT2D eigenvalue weighted by atomic mass is 9.94. The molecule has 5 rings (SSSR count). The lowest BCUT2D eigenvalue weighted by molar-refractivity contribution is -0.138. The van der Waals surface area contributed by atoms with Gasteiger partial charge in [-0.15, -0.1) is 0 Å². The monoisotopic (exact) mass is 461 g/mol. The molecule has 0 aromatic heterocycles. The van der Waals surface area contributed by atoms with Gasteiger partial charge < -0.3 is 14.4 Å². The van der Waals surface area contributed by atoms with Gasteiger partial charge in [0, 0.05) is 45.2 Å². The quantitative estimate of drug-likeness (QED) is 0.654. The minimum absolute atomic E-state index is 0.176. The second-order valence-electron chi connectivity index (χ2n) is 9.74. The first-order chi connectivity index (χ1) is 16.6. The van der Waals surface area contributed by atoms with E-state index in [1.54, 1.807) is 0 Å². The fourth-order valence-corrected chi connectivity index (χ4v) is 5.25. The summed E-state index contributed by atoms with van der Waals surface area (Å²) in [5.41, 5.74) is 3.85. The zero-order valence-corrected chi connectivity index (χ0v) is 20.1. The number of fused-ring (bicyclic) bond motifs is 1. The summed E-state index contributed by atoms with van der Waals surface area (Å²) in [7, 11) is 0. The number of amides is 1. The van der Waals surface area contributed by atoms with Crippen LogP contribution in [0.2, 0.25) is 0 Å². The number of piperidine rings is 1. The number of ether oxygens (including phenoxy) is 2. The van der Waals surface area contributed by atoms with E-state index in [2.05, 4.69) is 64.1 Å². The molecule has 2 saturated heterocycles. The molecule has 0 aliphatic carbocycles. The Labute approximate surface area is 202 Å². The molecule has 1 amide bonds. The van der Waals surface area contributed by atoms with Crippen molar-refractivity contribution in [2.75, 3.05) is 52.6 Å². The molecule has 2 aromatic carbocycles. The van der Waals surface area contributed by atoms with Gasteiger partial charge in [-0.1, -0.05) is 48.0 Å². The fourth-order valence-electron chi connectivity index (χ4n) is 5.25. The molecule has 0 spiro atoms. The third-order valence-corrected chi connectivity index (χ3v) is 7.15. The number of carbonyl (C=O) groups excluding carboxylic acids is 1. The number of benzene rings is 2. The predicted molar refractivity (Wildman–Crippen MR) is 134 cm³/mol. The van der Waals surface area contributed by atoms with Gasteiger partial charge in [-0.3, -0.25) is 14.6 Å². The average molecular weight is 462 g/mol. The van der Waals surface area contributed by atoms with Crippen LogP contribution in [0.1, 0.15) is 30.9 Å². The van der Waals surface area contributed by atoms with Crippen molar-refractivity contribution in [2.45, 2.75) is 26.3 Å². The van der Waals surface area contributed by atoms with E-state index in [4.69, 9.17) is 9.47 Å². The minimum atomic E-state index is 0.176. The summed E-state index contributed by atoms with van der Waals surface area (Å²) in [5.74, 6) is 2.20. The molecule has 3 heterocycles. The minimum Gasteiger partial charge on any atom is -0.454 e. The van der Waals surface area contributed by atoms with Crippen LogP contribution in [-0.2, 0) is 11.3 Å². The average Bonchev–Trinajstić information content (AvgIpc) is 3.33. The summed E-state index contributed by atoms with van der Waals surface area (Å²) in [4.78, 5) is 20.2. The molecular formula is C28H35N3O3. The summed E-state index contributed by atoms with van der Waals surface area (Å²) in [6, 6.07) is 16.7. The van der Waals surface area contributed by atoms with Crippen molar-refractivity contribution in [2.24, 2.45) is 5.92 Å². The van der Waals surface area contributed by atoms with Crippen LogP contribution >= 0.6 is 0 Å². The maximum Gasteiger partial charge on any atom is 0.231 e. The van der Waals surface area contributed by atoms with Crippen molar-refractivity contribution in [1.29, 1.82) is 0 Å². The number of rotatable bonds is 6. The summed E-state index contributed by atoms with van der Waals surface area (Å²) in [6.45, 7) is 9.86. The molecule has 0 unspecified atom stereocenters. The SMILES string of the molecule is C/C(=C\c1ccccc1)CN1CCC(C(=O)N2CCN(Cc3ccc4c(c3)OCO4)CC2)CC1. The zero-order chi connectivity index (χ0) is 23.3. The van der Waals surface area contributed by atoms with Gasteiger partial charge in [0.25, 0.3) is 0 Å². The predicted octanol–water partition coefficient (Wildman–Crippen LogP) is 3.88. The van der Waals surface area contributed by atoms with E-state index in [0.717, 1.165) is 76.7 Å². The van der Waals surface area contributed by atoms with E-state index in [-0.39, 0.29) is 5.92 Å². The van der Waals surface area contributed by atoms with Crippen molar-refractivity contribution in [3.8, 4) is 11.5 Å². The molecule has 0 bridgehead atoms. The van der Waals surface area contributed by atoms with Crippen LogP contribution in [0.4, 0.5) is 0 Å². The van der Waals surface area contributed by atoms with Crippen molar-refractivity contribution in [3.63, 3.8) is 0 Å². The summed E-state index contributed by atoms with van der Waals surface area (Å²) < 4.78 is 10.9. The molecule has 34 heavy (non-hydrogen) atoms. The Bertz CT molecular complexity index is 1010. The van der Waals surface area contributed by atoms with Crippen LogP contribution < -0.4 is 9.47 Å². The first kappa shape index (κ1) is 22.9. The van der Waals surface area contributed by atoms with Crippen LogP contribution in [0, 0.1) is 5.92 Å². The summed E-state index contributed by atoms with van der Waals surface area (Å²) in [5, 5.41) is 0. The van der Waals surface area contributed by atoms with E-state index in [9.17, 15) is 4.79 Å². The van der Waals surface area contributed by atoms with E-state index >= 15 is 0 Å². The van der Waals surface area contributed by atoms with E-state index in [1.807, 2.05) is 12.1 Å². The lowest BCUT2D eigenvalue weighted by Gasteiger charge is -2.38. The maximum atomic E-state index is 13.2. The number of likely N-dealkylation sites (tertiary alicyclic amines) is 1. The molecule has 3 aliphatic rings. The second-order valence-corrected chi connectivity index (χ2v) is 9.74. The van der Waals surface area contributed by atoms with Gasteiger partial charge in [0.1, 0.15) is 0 Å². The largest absolute Gasteiger partial charge is 0.454 e. The third-order valence-electron chi connectivity index (χ3n) is 7.15. The highest BCUT2D eigenvalue weighted by Gasteiger charge is 2.30. The molecule has 0 radical (unpaired) electrons. The highest BCUT2D eigenvalue weighted by Crippen LogP contribution is 2.33. The maximum absolute atomic E-state index is 13.2. The van der Waals surface area contributed by atoms with Crippen LogP contribution in [0.5, 0.6) is 11.5 Å². The topological polar surface area (TPSA) is 45.3 Å². The van der Waals surface area contributed by atoms with Gasteiger partial charge in [0.05, 0.1) is 0 Å². The van der Waals surface area contributed by atoms with Gasteiger partial charge in [0.15, 0.2) is 11.5 Å². The lowest BCUT2D eigenvalue weighted by Crippen LogP contribution is -2.51. The molecular weight excluding hydrogens is 426 g/mol. The second kappa shape index (κ2) is 10.6. The van der Waals surface area contributed by atoms with E-state index in [1.165, 1.54) is 16.7 Å². The number of hydrogen-bond donors (Lipinski definition) is 0. The van der Waals surface area contributed by atoms with Crippen LogP contribution in [0.15, 0.2) is 54.1 Å². The molecule has 2 aromatic rings. The van der Waals surface area contributed by atoms with Gasteiger partial charge >= 0.3 is 0 Å². The zero-order valence-electron chi connectivity index (χ0n) is 20.1. The van der Waals surface area contributed by atoms with E-state index in [0.29, 0.717) is 12.7 Å². The molecule has 180 valence electrons. The van der Waals surface area contributed by atoms with Crippen molar-refractivity contribution >= 4 is 12.0 Å². The van der Waals surface area contributed by atoms with Gasteiger partial charge in [-0.2, -0.15) is 0 Å². The standard InChI is InChI=1S/C28H35N3O3/c1-22(17-23-5-3-2-4-6-23)19-29-11-9-25(10-12-29)28(32)31-15-13-30(14-16-31)20-24-7-8-26-27(18-24)34-21-33-26/h2-8,17-18,25H,9-16,19-21H2,1H3/b22-17+. The Morgan fingerprint density at radius 1 is 0.912 bits per heavy atom. The number of hydrogen-bond acceptors (Lipinski definition) is 5. The highest BCUT2D eigenvalue weighted by atomic mass is 16.7. The summed E-state index contributed by atoms with van der Waals surface area (Å²) >= 11 is 0. The summed E-state index contributed by atoms with van der Waals surface area (Å²) in [6.07, 6.45) is 4.20. The Kier molecular flexibility index (Phi) is 7.16.